The van der Waals surface area contributed by atoms with Gasteiger partial charge in [-0.3, -0.25) is 4.98 Å². The van der Waals surface area contributed by atoms with Crippen molar-refractivity contribution in [1.82, 2.24) is 19.7 Å². The van der Waals surface area contributed by atoms with Gasteiger partial charge in [0, 0.05) is 46.2 Å². The molecule has 0 radical (unpaired) electrons. The first-order valence-corrected chi connectivity index (χ1v) is 13.5. The molecule has 1 saturated carbocycles. The van der Waals surface area contributed by atoms with Crippen molar-refractivity contribution < 1.29 is 4.52 Å². The average Bonchev–Trinajstić information content (AvgIpc) is 3.79. The molecule has 8 nitrogen and oxygen atoms in total. The van der Waals surface area contributed by atoms with Crippen molar-refractivity contribution in [3.8, 4) is 22.3 Å². The number of hydrogen-bond donors (Lipinski definition) is 0. The predicted molar refractivity (Wildman–Crippen MR) is 151 cm³/mol. The first-order valence-electron chi connectivity index (χ1n) is 13.5. The molecule has 2 aliphatic rings. The highest BCUT2D eigenvalue weighted by Gasteiger charge is 2.31. The molecule has 0 amide bonds. The van der Waals surface area contributed by atoms with Gasteiger partial charge in [-0.15, -0.1) is 5.11 Å². The third kappa shape index (κ3) is 4.16. The number of aliphatic imine (C=N–C) groups is 1. The second-order valence-corrected chi connectivity index (χ2v) is 10.4. The van der Waals surface area contributed by atoms with Gasteiger partial charge in [-0.25, -0.2) is 9.98 Å². The molecule has 1 fully saturated rings. The minimum atomic E-state index is 0.120. The van der Waals surface area contributed by atoms with E-state index in [0.717, 1.165) is 56.0 Å². The molecule has 1 aliphatic heterocycles. The molecule has 4 aromatic heterocycles. The van der Waals surface area contributed by atoms with Crippen molar-refractivity contribution in [2.24, 2.45) is 21.1 Å². The molecular weight excluding hydrogens is 486 g/mol. The van der Waals surface area contributed by atoms with E-state index in [1.54, 1.807) is 0 Å². The van der Waals surface area contributed by atoms with Crippen molar-refractivity contribution in [1.29, 1.82) is 0 Å². The van der Waals surface area contributed by atoms with Crippen molar-refractivity contribution in [2.75, 3.05) is 6.67 Å². The molecule has 1 aromatic carbocycles. The molecule has 194 valence electrons. The van der Waals surface area contributed by atoms with Crippen molar-refractivity contribution in [2.45, 2.75) is 45.6 Å². The zero-order chi connectivity index (χ0) is 26.3. The quantitative estimate of drug-likeness (QED) is 0.237. The lowest BCUT2D eigenvalue weighted by atomic mass is 9.94. The summed E-state index contributed by atoms with van der Waals surface area (Å²) in [7, 11) is 0. The summed E-state index contributed by atoms with van der Waals surface area (Å²) in [6.45, 7) is 4.32. The smallest absolute Gasteiger partial charge is 0.178 e. The summed E-state index contributed by atoms with van der Waals surface area (Å²) in [6.07, 6.45) is 11.0. The highest BCUT2D eigenvalue weighted by atomic mass is 16.5. The zero-order valence-corrected chi connectivity index (χ0v) is 22.1. The lowest BCUT2D eigenvalue weighted by Gasteiger charge is -2.25. The summed E-state index contributed by atoms with van der Waals surface area (Å²) in [4.78, 5) is 14.3. The van der Waals surface area contributed by atoms with Gasteiger partial charge < -0.3 is 9.09 Å². The van der Waals surface area contributed by atoms with E-state index >= 15 is 0 Å². The van der Waals surface area contributed by atoms with Crippen molar-refractivity contribution in [3.05, 3.63) is 89.8 Å². The fourth-order valence-electron chi connectivity index (χ4n) is 6.22. The predicted octanol–water partition coefficient (Wildman–Crippen LogP) is 7.32. The van der Waals surface area contributed by atoms with E-state index in [9.17, 15) is 0 Å². The van der Waals surface area contributed by atoms with Gasteiger partial charge in [0.2, 0.25) is 0 Å². The number of pyridine rings is 2. The van der Waals surface area contributed by atoms with Crippen LogP contribution >= 0.6 is 0 Å². The highest BCUT2D eigenvalue weighted by molar-refractivity contribution is 6.01. The molecule has 1 aliphatic carbocycles. The summed E-state index contributed by atoms with van der Waals surface area (Å²) in [5, 5.41) is 13.4. The fraction of sp³-hybridized carbons (Fsp3) is 0.290. The van der Waals surface area contributed by atoms with Crippen LogP contribution in [0, 0.1) is 19.8 Å². The average molecular weight is 516 g/mol. The highest BCUT2D eigenvalue weighted by Crippen LogP contribution is 2.42. The Bertz CT molecular complexity index is 1690. The molecular formula is C31H29N7O. The first kappa shape index (κ1) is 23.6. The largest absolute Gasteiger partial charge is 0.361 e. The normalized spacial score (nSPS) is 16.3. The molecule has 7 rings (SSSR count). The van der Waals surface area contributed by atoms with Gasteiger partial charge in [0.05, 0.1) is 17.4 Å². The number of amidine groups is 1. The molecule has 0 saturated heterocycles. The Kier molecular flexibility index (Phi) is 5.87. The van der Waals surface area contributed by atoms with Crippen molar-refractivity contribution >= 4 is 16.9 Å². The van der Waals surface area contributed by atoms with Crippen LogP contribution in [-0.2, 0) is 0 Å². The van der Waals surface area contributed by atoms with Gasteiger partial charge in [0.1, 0.15) is 11.4 Å². The third-order valence-electron chi connectivity index (χ3n) is 8.03. The first-order chi connectivity index (χ1) is 19.2. The Balaban J connectivity index is 1.43. The zero-order valence-electron chi connectivity index (χ0n) is 22.1. The Labute approximate surface area is 226 Å². The Morgan fingerprint density at radius 1 is 0.949 bits per heavy atom. The standard InChI is InChI=1S/C31H29N7O/c1-19-28(20(2)39-37-19)24-15-25-26(21-10-12-23(13-11-21)30-34-18-35-36-30)17-38(31(25)33-16-24)29(22-7-3-4-8-22)27-9-5-6-14-32-27/h5-6,9-17,22,29H,3-4,7-8,18H2,1-2H3. The maximum absolute atomic E-state index is 5.49. The SMILES string of the molecule is Cc1noc(C)c1-c1cnc2c(c1)c(-c1ccc(C3=NCN=N3)cc1)cn2C(c1ccccn1)C1CCCC1. The van der Waals surface area contributed by atoms with E-state index in [4.69, 9.17) is 14.5 Å². The van der Waals surface area contributed by atoms with E-state index in [-0.39, 0.29) is 6.04 Å². The summed E-state index contributed by atoms with van der Waals surface area (Å²) < 4.78 is 7.85. The van der Waals surface area contributed by atoms with Gasteiger partial charge in [0.25, 0.3) is 0 Å². The van der Waals surface area contributed by atoms with Crippen LogP contribution < -0.4 is 0 Å². The van der Waals surface area contributed by atoms with E-state index in [2.05, 4.69) is 73.6 Å². The van der Waals surface area contributed by atoms with Crippen molar-refractivity contribution in [3.63, 3.8) is 0 Å². The number of aryl methyl sites for hydroxylation is 2. The maximum atomic E-state index is 5.49. The van der Waals surface area contributed by atoms with Gasteiger partial charge in [-0.1, -0.05) is 48.3 Å². The molecule has 0 bridgehead atoms. The van der Waals surface area contributed by atoms with E-state index in [0.29, 0.717) is 18.4 Å². The Morgan fingerprint density at radius 2 is 1.77 bits per heavy atom. The van der Waals surface area contributed by atoms with E-state index in [1.165, 1.54) is 25.7 Å². The van der Waals surface area contributed by atoms with Gasteiger partial charge >= 0.3 is 0 Å². The van der Waals surface area contributed by atoms with Gasteiger partial charge in [-0.05, 0) is 56.4 Å². The number of hydrogen-bond acceptors (Lipinski definition) is 7. The van der Waals surface area contributed by atoms with Crippen LogP contribution in [0.4, 0.5) is 0 Å². The lowest BCUT2D eigenvalue weighted by molar-refractivity contribution is 0.385. The summed E-state index contributed by atoms with van der Waals surface area (Å²) >= 11 is 0. The molecule has 0 spiro atoms. The molecule has 39 heavy (non-hydrogen) atoms. The number of azo groups is 1. The Hall–Kier alpha value is -4.46. The number of rotatable bonds is 6. The number of nitrogens with zero attached hydrogens (tertiary/aromatic N) is 7. The summed E-state index contributed by atoms with van der Waals surface area (Å²) in [6, 6.07) is 17.0. The summed E-state index contributed by atoms with van der Waals surface area (Å²) in [5.41, 5.74) is 8.13. The lowest BCUT2D eigenvalue weighted by Crippen LogP contribution is -2.19. The monoisotopic (exact) mass is 515 g/mol. The van der Waals surface area contributed by atoms with Crippen LogP contribution in [0.1, 0.15) is 54.4 Å². The van der Waals surface area contributed by atoms with Crippen LogP contribution in [0.25, 0.3) is 33.3 Å². The number of benzene rings is 1. The summed E-state index contributed by atoms with van der Waals surface area (Å²) in [5.74, 6) is 1.99. The molecule has 1 atom stereocenters. The number of aromatic nitrogens is 4. The fourth-order valence-corrected chi connectivity index (χ4v) is 6.22. The number of fused-ring (bicyclic) bond motifs is 1. The molecule has 0 N–H and O–H groups in total. The minimum absolute atomic E-state index is 0.120. The molecule has 8 heteroatoms. The van der Waals surface area contributed by atoms with Crippen LogP contribution in [-0.4, -0.2) is 32.2 Å². The minimum Gasteiger partial charge on any atom is -0.361 e. The van der Waals surface area contributed by atoms with Crippen LogP contribution in [0.3, 0.4) is 0 Å². The Morgan fingerprint density at radius 3 is 2.46 bits per heavy atom. The molecule has 5 heterocycles. The second kappa shape index (κ2) is 9.69. The van der Waals surface area contributed by atoms with Crippen LogP contribution in [0.5, 0.6) is 0 Å². The van der Waals surface area contributed by atoms with Crippen LogP contribution in [0.15, 0.2) is 86.9 Å². The van der Waals surface area contributed by atoms with Gasteiger partial charge in [0.15, 0.2) is 12.5 Å². The van der Waals surface area contributed by atoms with Gasteiger partial charge in [-0.2, -0.15) is 5.11 Å². The maximum Gasteiger partial charge on any atom is 0.178 e. The van der Waals surface area contributed by atoms with E-state index in [1.807, 2.05) is 32.3 Å². The topological polar surface area (TPSA) is 93.8 Å². The second-order valence-electron chi connectivity index (χ2n) is 10.4. The molecule has 1 unspecified atom stereocenters. The van der Waals surface area contributed by atoms with Crippen LogP contribution in [0.2, 0.25) is 0 Å². The third-order valence-corrected chi connectivity index (χ3v) is 8.03. The molecule has 5 aromatic rings. The van der Waals surface area contributed by atoms with E-state index < -0.39 is 0 Å².